The predicted molar refractivity (Wildman–Crippen MR) is 182 cm³/mol. The van der Waals surface area contributed by atoms with Crippen LogP contribution in [0.2, 0.25) is 0 Å². The van der Waals surface area contributed by atoms with Crippen molar-refractivity contribution in [2.75, 3.05) is 0 Å². The summed E-state index contributed by atoms with van der Waals surface area (Å²) < 4.78 is 8.36. The minimum Gasteiger partial charge on any atom is -0.436 e. The zero-order chi connectivity index (χ0) is 29.0. The Morgan fingerprint density at radius 3 is 1.89 bits per heavy atom. The summed E-state index contributed by atoms with van der Waals surface area (Å²) >= 11 is 0. The molecule has 3 heteroatoms. The fourth-order valence-corrected chi connectivity index (χ4v) is 6.40. The highest BCUT2D eigenvalue weighted by Crippen LogP contribution is 2.36. The minimum atomic E-state index is 0.642. The summed E-state index contributed by atoms with van der Waals surface area (Å²) in [7, 11) is 0. The van der Waals surface area contributed by atoms with Crippen LogP contribution in [0.3, 0.4) is 0 Å². The third-order valence-corrected chi connectivity index (χ3v) is 8.64. The molecule has 0 N–H and O–H groups in total. The Balaban J connectivity index is 1.09. The average Bonchev–Trinajstić information content (AvgIpc) is 3.68. The molecule has 2 aromatic heterocycles. The zero-order valence-corrected chi connectivity index (χ0v) is 23.8. The second-order valence-electron chi connectivity index (χ2n) is 11.3. The number of oxazole rings is 1. The van der Waals surface area contributed by atoms with Crippen LogP contribution in [0.5, 0.6) is 0 Å². The molecule has 0 unspecified atom stereocenters. The van der Waals surface area contributed by atoms with Gasteiger partial charge in [0.05, 0.1) is 11.0 Å². The van der Waals surface area contributed by atoms with Gasteiger partial charge in [-0.05, 0) is 93.7 Å². The Morgan fingerprint density at radius 1 is 0.432 bits per heavy atom. The standard InChI is InChI=1S/C41H26N2O/c1-2-8-31-25-32(18-15-27(31)7-1)29-19-22-34(23-20-29)43-38-11-5-3-9-35(38)36-26-33(21-24-39(36)43)28-13-16-30(17-14-28)41-42-37-10-4-6-12-40(37)44-41/h1-26H. The van der Waals surface area contributed by atoms with Crippen molar-refractivity contribution >= 4 is 43.7 Å². The molecule has 0 aliphatic carbocycles. The van der Waals surface area contributed by atoms with E-state index in [4.69, 9.17) is 4.42 Å². The lowest BCUT2D eigenvalue weighted by Crippen LogP contribution is -1.93. The molecule has 206 valence electrons. The van der Waals surface area contributed by atoms with Crippen molar-refractivity contribution in [1.29, 1.82) is 0 Å². The summed E-state index contributed by atoms with van der Waals surface area (Å²) in [6, 6.07) is 55.9. The van der Waals surface area contributed by atoms with Crippen LogP contribution in [0.4, 0.5) is 0 Å². The van der Waals surface area contributed by atoms with Crippen molar-refractivity contribution in [3.63, 3.8) is 0 Å². The van der Waals surface area contributed by atoms with Gasteiger partial charge in [-0.3, -0.25) is 0 Å². The fraction of sp³-hybridized carbons (Fsp3) is 0. The van der Waals surface area contributed by atoms with Crippen molar-refractivity contribution in [2.45, 2.75) is 0 Å². The van der Waals surface area contributed by atoms with E-state index < -0.39 is 0 Å². The van der Waals surface area contributed by atoms with Crippen LogP contribution in [-0.4, -0.2) is 9.55 Å². The van der Waals surface area contributed by atoms with Gasteiger partial charge in [-0.1, -0.05) is 97.1 Å². The van der Waals surface area contributed by atoms with Crippen molar-refractivity contribution < 1.29 is 4.42 Å². The molecule has 0 bridgehead atoms. The van der Waals surface area contributed by atoms with Crippen LogP contribution in [0, 0.1) is 0 Å². The van der Waals surface area contributed by atoms with Gasteiger partial charge >= 0.3 is 0 Å². The minimum absolute atomic E-state index is 0.642. The summed E-state index contributed by atoms with van der Waals surface area (Å²) in [6.07, 6.45) is 0. The lowest BCUT2D eigenvalue weighted by molar-refractivity contribution is 0.620. The number of fused-ring (bicyclic) bond motifs is 5. The van der Waals surface area contributed by atoms with Gasteiger partial charge in [0.2, 0.25) is 5.89 Å². The van der Waals surface area contributed by atoms with Crippen LogP contribution in [-0.2, 0) is 0 Å². The van der Waals surface area contributed by atoms with Gasteiger partial charge in [-0.25, -0.2) is 4.98 Å². The molecule has 0 amide bonds. The van der Waals surface area contributed by atoms with E-state index in [1.165, 1.54) is 49.3 Å². The highest BCUT2D eigenvalue weighted by atomic mass is 16.3. The molecular weight excluding hydrogens is 536 g/mol. The van der Waals surface area contributed by atoms with E-state index in [1.54, 1.807) is 0 Å². The van der Waals surface area contributed by atoms with Gasteiger partial charge in [0.25, 0.3) is 0 Å². The van der Waals surface area contributed by atoms with E-state index in [0.717, 1.165) is 27.9 Å². The molecule has 0 saturated heterocycles. The Labute approximate surface area is 254 Å². The van der Waals surface area contributed by atoms with Crippen LogP contribution < -0.4 is 0 Å². The zero-order valence-electron chi connectivity index (χ0n) is 23.8. The predicted octanol–water partition coefficient (Wildman–Crippen LogP) is 11.1. The summed E-state index contributed by atoms with van der Waals surface area (Å²) in [6.45, 7) is 0. The SMILES string of the molecule is c1ccc2cc(-c3ccc(-n4c5ccccc5c5cc(-c6ccc(-c7nc8ccccc8o7)cc6)ccc54)cc3)ccc2c1. The molecule has 9 rings (SSSR count). The lowest BCUT2D eigenvalue weighted by Gasteiger charge is -2.10. The van der Waals surface area contributed by atoms with Crippen LogP contribution in [0.15, 0.2) is 162 Å². The third-order valence-electron chi connectivity index (χ3n) is 8.64. The van der Waals surface area contributed by atoms with E-state index in [-0.39, 0.29) is 0 Å². The molecule has 0 fully saturated rings. The first kappa shape index (κ1) is 24.6. The van der Waals surface area contributed by atoms with Crippen molar-refractivity contribution in [3.8, 4) is 39.4 Å². The average molecular weight is 563 g/mol. The summed E-state index contributed by atoms with van der Waals surface area (Å²) in [5.74, 6) is 0.642. The number of rotatable bonds is 4. The topological polar surface area (TPSA) is 31.0 Å². The monoisotopic (exact) mass is 562 g/mol. The Morgan fingerprint density at radius 2 is 1.05 bits per heavy atom. The van der Waals surface area contributed by atoms with E-state index >= 15 is 0 Å². The molecule has 0 aliphatic heterocycles. The Kier molecular flexibility index (Phi) is 5.50. The fourth-order valence-electron chi connectivity index (χ4n) is 6.40. The molecule has 7 aromatic carbocycles. The first-order chi connectivity index (χ1) is 21.8. The van der Waals surface area contributed by atoms with Crippen molar-refractivity contribution in [1.82, 2.24) is 9.55 Å². The van der Waals surface area contributed by atoms with E-state index in [9.17, 15) is 0 Å². The molecule has 0 saturated carbocycles. The molecule has 2 heterocycles. The van der Waals surface area contributed by atoms with Crippen LogP contribution >= 0.6 is 0 Å². The van der Waals surface area contributed by atoms with Gasteiger partial charge < -0.3 is 8.98 Å². The molecule has 0 radical (unpaired) electrons. The molecule has 9 aromatic rings. The first-order valence-corrected chi connectivity index (χ1v) is 14.9. The van der Waals surface area contributed by atoms with Crippen LogP contribution in [0.25, 0.3) is 83.1 Å². The van der Waals surface area contributed by atoms with Gasteiger partial charge in [-0.15, -0.1) is 0 Å². The maximum Gasteiger partial charge on any atom is 0.227 e. The largest absolute Gasteiger partial charge is 0.436 e. The van der Waals surface area contributed by atoms with Gasteiger partial charge in [0.15, 0.2) is 5.58 Å². The summed E-state index contributed by atoms with van der Waals surface area (Å²) in [5, 5.41) is 5.00. The number of para-hydroxylation sites is 3. The highest BCUT2D eigenvalue weighted by molar-refractivity contribution is 6.10. The Bertz CT molecular complexity index is 2450. The summed E-state index contributed by atoms with van der Waals surface area (Å²) in [5.41, 5.74) is 11.0. The smallest absolute Gasteiger partial charge is 0.227 e. The third kappa shape index (κ3) is 4.02. The molecule has 44 heavy (non-hydrogen) atoms. The second-order valence-corrected chi connectivity index (χ2v) is 11.3. The van der Waals surface area contributed by atoms with Gasteiger partial charge in [0, 0.05) is 22.0 Å². The molecular formula is C41H26N2O. The first-order valence-electron chi connectivity index (χ1n) is 14.9. The number of benzene rings is 7. The Hall–Kier alpha value is -5.93. The summed E-state index contributed by atoms with van der Waals surface area (Å²) in [4.78, 5) is 4.66. The van der Waals surface area contributed by atoms with E-state index in [2.05, 4.69) is 143 Å². The maximum absolute atomic E-state index is 5.99. The van der Waals surface area contributed by atoms with E-state index in [1.807, 2.05) is 24.3 Å². The van der Waals surface area contributed by atoms with Crippen molar-refractivity contribution in [2.24, 2.45) is 0 Å². The number of aromatic nitrogens is 2. The quantitative estimate of drug-likeness (QED) is 0.214. The van der Waals surface area contributed by atoms with Crippen molar-refractivity contribution in [3.05, 3.63) is 158 Å². The maximum atomic E-state index is 5.99. The van der Waals surface area contributed by atoms with E-state index in [0.29, 0.717) is 5.89 Å². The number of hydrogen-bond donors (Lipinski definition) is 0. The molecule has 0 atom stereocenters. The molecule has 0 aliphatic rings. The lowest BCUT2D eigenvalue weighted by atomic mass is 10.0. The number of hydrogen-bond acceptors (Lipinski definition) is 2. The van der Waals surface area contributed by atoms with Gasteiger partial charge in [-0.2, -0.15) is 0 Å². The normalized spacial score (nSPS) is 11.6. The molecule has 0 spiro atoms. The van der Waals surface area contributed by atoms with Crippen LogP contribution in [0.1, 0.15) is 0 Å². The molecule has 3 nitrogen and oxygen atoms in total. The second kappa shape index (κ2) is 9.82. The van der Waals surface area contributed by atoms with Gasteiger partial charge in [0.1, 0.15) is 5.52 Å². The highest BCUT2D eigenvalue weighted by Gasteiger charge is 2.14. The number of nitrogens with zero attached hydrogens (tertiary/aromatic N) is 2.